The summed E-state index contributed by atoms with van der Waals surface area (Å²) in [7, 11) is -2.45. The Morgan fingerprint density at radius 2 is 2.20 bits per heavy atom. The van der Waals surface area contributed by atoms with Crippen LogP contribution in [0.4, 0.5) is 4.79 Å². The molecule has 1 amide bonds. The third-order valence-corrected chi connectivity index (χ3v) is 2.33. The van der Waals surface area contributed by atoms with Crippen molar-refractivity contribution >= 4 is 6.09 Å². The minimum atomic E-state index is -2.45. The molecule has 4 heteroatoms. The number of carbonyl (C=O) groups excluding carboxylic acids is 1. The summed E-state index contributed by atoms with van der Waals surface area (Å²) in [6, 6.07) is 0. The number of carbonyl (C=O) groups is 1. The van der Waals surface area contributed by atoms with Crippen molar-refractivity contribution < 1.29 is 18.4 Å². The van der Waals surface area contributed by atoms with Crippen molar-refractivity contribution in [3.8, 4) is 0 Å². The Kier molecular flexibility index (Phi) is 2.24. The molecule has 1 rings (SSSR count). The molecule has 1 fully saturated rings. The fourth-order valence-electron chi connectivity index (χ4n) is 1.50. The Morgan fingerprint density at radius 1 is 1.53 bits per heavy atom. The first-order chi connectivity index (χ1) is 7.90. The van der Waals surface area contributed by atoms with Crippen LogP contribution in [-0.4, -0.2) is 42.3 Å². The van der Waals surface area contributed by atoms with Crippen LogP contribution in [0.1, 0.15) is 38.2 Å². The molecule has 1 aliphatic heterocycles. The van der Waals surface area contributed by atoms with Gasteiger partial charge in [-0.2, -0.15) is 0 Å². The largest absolute Gasteiger partial charge is 0.444 e. The molecular weight excluding hydrogens is 194 g/mol. The van der Waals surface area contributed by atoms with Gasteiger partial charge in [-0.1, -0.05) is 0 Å². The van der Waals surface area contributed by atoms with Crippen LogP contribution in [0.25, 0.3) is 0 Å². The molecule has 88 valence electrons. The lowest BCUT2D eigenvalue weighted by molar-refractivity contribution is 0.00179. The minimum Gasteiger partial charge on any atom is -0.444 e. The number of nitrogens with zero attached hydrogens (tertiary/aromatic N) is 1. The van der Waals surface area contributed by atoms with Crippen LogP contribution in [0, 0.1) is 0 Å². The maximum Gasteiger partial charge on any atom is 0.410 e. The van der Waals surface area contributed by atoms with Gasteiger partial charge in [0.2, 0.25) is 0 Å². The lowest BCUT2D eigenvalue weighted by Crippen LogP contribution is -2.38. The second-order valence-corrected chi connectivity index (χ2v) is 5.20. The summed E-state index contributed by atoms with van der Waals surface area (Å²) in [5, 5.41) is 0. The van der Waals surface area contributed by atoms with Gasteiger partial charge in [0, 0.05) is 13.6 Å². The first kappa shape index (κ1) is 8.39. The van der Waals surface area contributed by atoms with E-state index in [1.54, 1.807) is 27.7 Å². The van der Waals surface area contributed by atoms with Crippen molar-refractivity contribution in [1.82, 2.24) is 4.90 Å². The highest BCUT2D eigenvalue weighted by Gasteiger charge is 2.37. The summed E-state index contributed by atoms with van der Waals surface area (Å²) in [5.74, 6) is 0. The third-order valence-electron chi connectivity index (χ3n) is 2.33. The van der Waals surface area contributed by atoms with E-state index < -0.39 is 24.3 Å². The molecule has 1 aliphatic rings. The summed E-state index contributed by atoms with van der Waals surface area (Å²) in [6.07, 6.45) is 0.0605. The molecule has 1 atom stereocenters. The molecule has 1 heterocycles. The zero-order valence-corrected chi connectivity index (χ0v) is 9.79. The van der Waals surface area contributed by atoms with Gasteiger partial charge in [0.15, 0.2) is 0 Å². The SMILES string of the molecule is [2H]C([2H])([2H])OC1(C)CCN(C(=O)OC(C)(C)C)C1. The molecule has 0 aliphatic carbocycles. The molecule has 0 aromatic heterocycles. The molecule has 4 nitrogen and oxygen atoms in total. The molecule has 0 aromatic carbocycles. The first-order valence-electron chi connectivity index (χ1n) is 6.58. The standard InChI is InChI=1S/C11H21NO3/c1-10(2,3)15-9(13)12-7-6-11(4,8-12)14-5/h6-8H2,1-5H3/i5D3. The molecule has 0 N–H and O–H groups in total. The fraction of sp³-hybridized carbons (Fsp3) is 0.909. The van der Waals surface area contributed by atoms with Crippen LogP contribution in [-0.2, 0) is 9.47 Å². The zero-order valence-electron chi connectivity index (χ0n) is 12.8. The minimum absolute atomic E-state index is 0.236. The van der Waals surface area contributed by atoms with E-state index >= 15 is 0 Å². The van der Waals surface area contributed by atoms with Gasteiger partial charge >= 0.3 is 6.09 Å². The van der Waals surface area contributed by atoms with E-state index in [0.29, 0.717) is 13.0 Å². The number of likely N-dealkylation sites (tertiary alicyclic amines) is 1. The molecule has 0 spiro atoms. The fourth-order valence-corrected chi connectivity index (χ4v) is 1.50. The molecule has 0 saturated carbocycles. The van der Waals surface area contributed by atoms with Crippen molar-refractivity contribution in [2.24, 2.45) is 0 Å². The second-order valence-electron chi connectivity index (χ2n) is 5.20. The van der Waals surface area contributed by atoms with Crippen LogP contribution in [0.5, 0.6) is 0 Å². The normalized spacial score (nSPS) is 30.7. The van der Waals surface area contributed by atoms with Crippen molar-refractivity contribution in [2.45, 2.75) is 45.3 Å². The van der Waals surface area contributed by atoms with E-state index in [-0.39, 0.29) is 6.54 Å². The second kappa shape index (κ2) is 4.00. The van der Waals surface area contributed by atoms with Gasteiger partial charge in [-0.3, -0.25) is 0 Å². The highest BCUT2D eigenvalue weighted by molar-refractivity contribution is 5.68. The van der Waals surface area contributed by atoms with Crippen LogP contribution in [0.15, 0.2) is 0 Å². The van der Waals surface area contributed by atoms with Gasteiger partial charge in [0.05, 0.1) is 16.3 Å². The van der Waals surface area contributed by atoms with Gasteiger partial charge in [-0.05, 0) is 34.1 Å². The summed E-state index contributed by atoms with van der Waals surface area (Å²) in [6.45, 7) is 7.75. The average Bonchev–Trinajstić information content (AvgIpc) is 2.40. The maximum atomic E-state index is 11.8. The van der Waals surface area contributed by atoms with Crippen LogP contribution < -0.4 is 0 Å². The number of hydrogen-bond acceptors (Lipinski definition) is 3. The summed E-state index contributed by atoms with van der Waals surface area (Å²) >= 11 is 0. The Morgan fingerprint density at radius 3 is 2.73 bits per heavy atom. The zero-order chi connectivity index (χ0) is 14.2. The van der Waals surface area contributed by atoms with Gasteiger partial charge in [0.1, 0.15) is 5.60 Å². The third kappa shape index (κ3) is 3.38. The van der Waals surface area contributed by atoms with Gasteiger partial charge in [-0.15, -0.1) is 0 Å². The Bertz CT molecular complexity index is 324. The molecule has 0 radical (unpaired) electrons. The van der Waals surface area contributed by atoms with Gasteiger partial charge in [0.25, 0.3) is 0 Å². The quantitative estimate of drug-likeness (QED) is 0.676. The summed E-state index contributed by atoms with van der Waals surface area (Å²) in [4.78, 5) is 13.3. The molecule has 0 bridgehead atoms. The summed E-state index contributed by atoms with van der Waals surface area (Å²) < 4.78 is 31.6. The van der Waals surface area contributed by atoms with E-state index in [1.807, 2.05) is 0 Å². The van der Waals surface area contributed by atoms with Crippen molar-refractivity contribution in [2.75, 3.05) is 20.1 Å². The number of amides is 1. The highest BCUT2D eigenvalue weighted by Crippen LogP contribution is 2.25. The molecule has 1 unspecified atom stereocenters. The number of ether oxygens (including phenoxy) is 2. The lowest BCUT2D eigenvalue weighted by Gasteiger charge is -2.26. The van der Waals surface area contributed by atoms with Crippen molar-refractivity contribution in [3.63, 3.8) is 0 Å². The van der Waals surface area contributed by atoms with E-state index in [9.17, 15) is 4.79 Å². The van der Waals surface area contributed by atoms with Gasteiger partial charge in [-0.25, -0.2) is 4.79 Å². The molecular formula is C11H21NO3. The molecule has 1 saturated heterocycles. The summed E-state index contributed by atoms with van der Waals surface area (Å²) in [5.41, 5.74) is -1.39. The average molecular weight is 218 g/mol. The van der Waals surface area contributed by atoms with Crippen LogP contribution in [0.2, 0.25) is 0 Å². The topological polar surface area (TPSA) is 38.8 Å². The molecule has 0 aromatic rings. The number of rotatable bonds is 1. The van der Waals surface area contributed by atoms with Gasteiger partial charge < -0.3 is 14.4 Å². The molecule has 15 heavy (non-hydrogen) atoms. The number of hydrogen-bond donors (Lipinski definition) is 0. The van der Waals surface area contributed by atoms with Crippen LogP contribution >= 0.6 is 0 Å². The Balaban J connectivity index is 2.58. The smallest absolute Gasteiger partial charge is 0.410 e. The Labute approximate surface area is 95.7 Å². The highest BCUT2D eigenvalue weighted by atomic mass is 16.6. The van der Waals surface area contributed by atoms with Crippen LogP contribution in [0.3, 0.4) is 0 Å². The monoisotopic (exact) mass is 218 g/mol. The van der Waals surface area contributed by atoms with E-state index in [0.717, 1.165) is 0 Å². The lowest BCUT2D eigenvalue weighted by atomic mass is 10.1. The maximum absolute atomic E-state index is 11.8. The predicted octanol–water partition coefficient (Wildman–Crippen LogP) is 2.03. The van der Waals surface area contributed by atoms with E-state index in [1.165, 1.54) is 4.90 Å². The van der Waals surface area contributed by atoms with E-state index in [2.05, 4.69) is 0 Å². The Hall–Kier alpha value is -0.770. The van der Waals surface area contributed by atoms with E-state index in [4.69, 9.17) is 13.6 Å². The van der Waals surface area contributed by atoms with Crippen molar-refractivity contribution in [3.05, 3.63) is 0 Å². The predicted molar refractivity (Wildman–Crippen MR) is 57.8 cm³/mol. The first-order valence-corrected chi connectivity index (χ1v) is 5.08. The van der Waals surface area contributed by atoms with Crippen molar-refractivity contribution in [1.29, 1.82) is 0 Å². The number of methoxy groups -OCH3 is 1.